The third-order valence-electron chi connectivity index (χ3n) is 3.04. The summed E-state index contributed by atoms with van der Waals surface area (Å²) < 4.78 is 4.65. The average molecular weight is 185 g/mol. The van der Waals surface area contributed by atoms with Crippen LogP contribution >= 0.6 is 0 Å². The van der Waals surface area contributed by atoms with Gasteiger partial charge in [-0.25, -0.2) is 0 Å². The van der Waals surface area contributed by atoms with Crippen LogP contribution in [0.1, 0.15) is 39.0 Å². The zero-order chi connectivity index (χ0) is 9.90. The highest BCUT2D eigenvalue weighted by atomic mass is 16.5. The Morgan fingerprint density at radius 3 is 2.62 bits per heavy atom. The second kappa shape index (κ2) is 4.09. The molecule has 1 unspecified atom stereocenters. The fraction of sp³-hybridized carbons (Fsp3) is 0.900. The molecule has 13 heavy (non-hydrogen) atoms. The molecule has 0 aliphatic heterocycles. The van der Waals surface area contributed by atoms with Gasteiger partial charge in [0.2, 0.25) is 0 Å². The van der Waals surface area contributed by atoms with Crippen molar-refractivity contribution >= 4 is 5.97 Å². The molecule has 1 atom stereocenters. The van der Waals surface area contributed by atoms with E-state index < -0.39 is 6.04 Å². The van der Waals surface area contributed by atoms with E-state index in [4.69, 9.17) is 5.73 Å². The van der Waals surface area contributed by atoms with Crippen molar-refractivity contribution in [3.8, 4) is 0 Å². The molecule has 0 heterocycles. The summed E-state index contributed by atoms with van der Waals surface area (Å²) in [6.07, 6.45) is 5.56. The molecule has 3 heteroatoms. The van der Waals surface area contributed by atoms with Crippen LogP contribution in [0.15, 0.2) is 0 Å². The molecule has 1 saturated carbocycles. The lowest BCUT2D eigenvalue weighted by molar-refractivity contribution is -0.144. The zero-order valence-electron chi connectivity index (χ0n) is 8.51. The van der Waals surface area contributed by atoms with Crippen LogP contribution in [0.3, 0.4) is 0 Å². The lowest BCUT2D eigenvalue weighted by Gasteiger charge is -2.20. The van der Waals surface area contributed by atoms with E-state index in [2.05, 4.69) is 11.7 Å². The molecular weight excluding hydrogens is 166 g/mol. The van der Waals surface area contributed by atoms with Crippen LogP contribution in [0.25, 0.3) is 0 Å². The van der Waals surface area contributed by atoms with Gasteiger partial charge in [-0.1, -0.05) is 19.8 Å². The Bertz CT molecular complexity index is 187. The number of carbonyl (C=O) groups excluding carboxylic acids is 1. The first-order valence-electron chi connectivity index (χ1n) is 4.99. The van der Waals surface area contributed by atoms with Crippen molar-refractivity contribution in [2.75, 3.05) is 7.11 Å². The second-order valence-corrected chi connectivity index (χ2v) is 3.97. The van der Waals surface area contributed by atoms with E-state index in [9.17, 15) is 4.79 Å². The lowest BCUT2D eigenvalue weighted by atomic mass is 9.91. The molecule has 3 nitrogen and oxygen atoms in total. The number of carbonyl (C=O) groups is 1. The normalized spacial score (nSPS) is 20.8. The molecule has 0 aromatic carbocycles. The van der Waals surface area contributed by atoms with Crippen LogP contribution in [-0.4, -0.2) is 19.1 Å². The van der Waals surface area contributed by atoms with E-state index in [-0.39, 0.29) is 11.4 Å². The Morgan fingerprint density at radius 1 is 1.62 bits per heavy atom. The maximum Gasteiger partial charge on any atom is 0.323 e. The molecule has 0 saturated heterocycles. The Morgan fingerprint density at radius 2 is 2.23 bits per heavy atom. The van der Waals surface area contributed by atoms with Gasteiger partial charge in [0.05, 0.1) is 7.11 Å². The summed E-state index contributed by atoms with van der Waals surface area (Å²) >= 11 is 0. The molecule has 1 rings (SSSR count). The fourth-order valence-electron chi connectivity index (χ4n) is 1.78. The maximum absolute atomic E-state index is 11.2. The molecule has 0 radical (unpaired) electrons. The molecular formula is C10H19NO2. The Kier molecular flexibility index (Phi) is 3.31. The number of nitrogens with two attached hydrogens (primary N) is 1. The van der Waals surface area contributed by atoms with Gasteiger partial charge in [-0.05, 0) is 24.7 Å². The number of unbranched alkanes of at least 4 members (excludes halogenated alkanes) is 1. The van der Waals surface area contributed by atoms with Crippen molar-refractivity contribution in [3.63, 3.8) is 0 Å². The van der Waals surface area contributed by atoms with E-state index in [1.807, 2.05) is 0 Å². The van der Waals surface area contributed by atoms with Crippen molar-refractivity contribution in [3.05, 3.63) is 0 Å². The number of hydrogen-bond acceptors (Lipinski definition) is 3. The van der Waals surface area contributed by atoms with Crippen molar-refractivity contribution in [1.82, 2.24) is 0 Å². The molecule has 1 aliphatic carbocycles. The van der Waals surface area contributed by atoms with Gasteiger partial charge in [0.25, 0.3) is 0 Å². The van der Waals surface area contributed by atoms with Crippen LogP contribution in [0.4, 0.5) is 0 Å². The molecule has 0 aromatic heterocycles. The Balaban J connectivity index is 2.44. The zero-order valence-corrected chi connectivity index (χ0v) is 8.51. The van der Waals surface area contributed by atoms with Gasteiger partial charge in [-0.15, -0.1) is 0 Å². The van der Waals surface area contributed by atoms with Gasteiger partial charge in [-0.3, -0.25) is 4.79 Å². The molecule has 0 spiro atoms. The van der Waals surface area contributed by atoms with Gasteiger partial charge in [0, 0.05) is 0 Å². The van der Waals surface area contributed by atoms with Crippen molar-refractivity contribution in [2.45, 2.75) is 45.1 Å². The van der Waals surface area contributed by atoms with E-state index in [1.165, 1.54) is 7.11 Å². The standard InChI is InChI=1S/C10H19NO2/c1-3-4-5-10(6-7-10)8(11)9(12)13-2/h8H,3-7,11H2,1-2H3. The molecule has 0 amide bonds. The van der Waals surface area contributed by atoms with Crippen LogP contribution in [0.5, 0.6) is 0 Å². The van der Waals surface area contributed by atoms with Gasteiger partial charge in [0.1, 0.15) is 6.04 Å². The number of rotatable bonds is 5. The predicted molar refractivity (Wildman–Crippen MR) is 51.2 cm³/mol. The van der Waals surface area contributed by atoms with E-state index in [0.29, 0.717) is 0 Å². The Labute approximate surface area is 79.6 Å². The van der Waals surface area contributed by atoms with E-state index >= 15 is 0 Å². The van der Waals surface area contributed by atoms with E-state index in [0.717, 1.165) is 32.1 Å². The summed E-state index contributed by atoms with van der Waals surface area (Å²) in [5, 5.41) is 0. The molecule has 2 N–H and O–H groups in total. The summed E-state index contributed by atoms with van der Waals surface area (Å²) in [5.41, 5.74) is 5.92. The first kappa shape index (κ1) is 10.5. The number of ether oxygens (including phenoxy) is 1. The first-order chi connectivity index (χ1) is 6.16. The summed E-state index contributed by atoms with van der Waals surface area (Å²) in [4.78, 5) is 11.2. The lowest BCUT2D eigenvalue weighted by Crippen LogP contribution is -2.40. The number of hydrogen-bond donors (Lipinski definition) is 1. The molecule has 76 valence electrons. The molecule has 1 fully saturated rings. The van der Waals surface area contributed by atoms with Crippen LogP contribution in [0.2, 0.25) is 0 Å². The quantitative estimate of drug-likeness (QED) is 0.660. The molecule has 0 bridgehead atoms. The average Bonchev–Trinajstić information content (AvgIpc) is 2.93. The topological polar surface area (TPSA) is 52.3 Å². The minimum atomic E-state index is -0.399. The SMILES string of the molecule is CCCCC1(C(N)C(=O)OC)CC1. The van der Waals surface area contributed by atoms with Crippen molar-refractivity contribution < 1.29 is 9.53 Å². The highest BCUT2D eigenvalue weighted by Crippen LogP contribution is 2.52. The third-order valence-corrected chi connectivity index (χ3v) is 3.04. The third kappa shape index (κ3) is 2.21. The smallest absolute Gasteiger partial charge is 0.323 e. The summed E-state index contributed by atoms with van der Waals surface area (Å²) in [6, 6.07) is -0.399. The van der Waals surface area contributed by atoms with Gasteiger partial charge in [0.15, 0.2) is 0 Å². The summed E-state index contributed by atoms with van der Waals surface area (Å²) in [6.45, 7) is 2.15. The minimum Gasteiger partial charge on any atom is -0.468 e. The van der Waals surface area contributed by atoms with Gasteiger partial charge >= 0.3 is 5.97 Å². The largest absolute Gasteiger partial charge is 0.468 e. The first-order valence-corrected chi connectivity index (χ1v) is 4.99. The maximum atomic E-state index is 11.2. The van der Waals surface area contributed by atoms with Gasteiger partial charge in [-0.2, -0.15) is 0 Å². The fourth-order valence-corrected chi connectivity index (χ4v) is 1.78. The highest BCUT2D eigenvalue weighted by molar-refractivity contribution is 5.77. The van der Waals surface area contributed by atoms with Crippen LogP contribution < -0.4 is 5.73 Å². The molecule has 0 aromatic rings. The highest BCUT2D eigenvalue weighted by Gasteiger charge is 2.50. The number of methoxy groups -OCH3 is 1. The van der Waals surface area contributed by atoms with E-state index in [1.54, 1.807) is 0 Å². The van der Waals surface area contributed by atoms with Crippen LogP contribution in [0, 0.1) is 5.41 Å². The predicted octanol–water partition coefficient (Wildman–Crippen LogP) is 1.46. The van der Waals surface area contributed by atoms with Crippen molar-refractivity contribution in [2.24, 2.45) is 11.1 Å². The molecule has 1 aliphatic rings. The second-order valence-electron chi connectivity index (χ2n) is 3.97. The van der Waals surface area contributed by atoms with Crippen molar-refractivity contribution in [1.29, 1.82) is 0 Å². The van der Waals surface area contributed by atoms with Crippen LogP contribution in [-0.2, 0) is 9.53 Å². The van der Waals surface area contributed by atoms with Gasteiger partial charge < -0.3 is 10.5 Å². The summed E-state index contributed by atoms with van der Waals surface area (Å²) in [5.74, 6) is -0.256. The number of esters is 1. The minimum absolute atomic E-state index is 0.0864. The summed E-state index contributed by atoms with van der Waals surface area (Å²) in [7, 11) is 1.40. The Hall–Kier alpha value is -0.570. The monoisotopic (exact) mass is 185 g/mol.